The maximum absolute atomic E-state index is 12.0. The van der Waals surface area contributed by atoms with Crippen molar-refractivity contribution in [2.75, 3.05) is 20.3 Å². The molecule has 2 atom stereocenters. The van der Waals surface area contributed by atoms with E-state index in [-0.39, 0.29) is 18.4 Å². The van der Waals surface area contributed by atoms with Crippen LogP contribution in [0.25, 0.3) is 0 Å². The number of carbonyl (C=O) groups excluding carboxylic acids is 1. The van der Waals surface area contributed by atoms with E-state index in [1.54, 1.807) is 0 Å². The molecular weight excluding hydrogens is 262 g/mol. The molecule has 0 saturated carbocycles. The molecule has 6 nitrogen and oxygen atoms in total. The van der Waals surface area contributed by atoms with Gasteiger partial charge in [-0.05, 0) is 18.1 Å². The van der Waals surface area contributed by atoms with Gasteiger partial charge in [-0.15, -0.1) is 0 Å². The minimum absolute atomic E-state index is 0.0528. The predicted molar refractivity (Wildman–Crippen MR) is 70.6 cm³/mol. The van der Waals surface area contributed by atoms with Crippen LogP contribution in [0.1, 0.15) is 5.56 Å². The van der Waals surface area contributed by atoms with Crippen LogP contribution in [0.4, 0.5) is 0 Å². The van der Waals surface area contributed by atoms with Crippen LogP contribution in [0.2, 0.25) is 0 Å². The number of amides is 1. The van der Waals surface area contributed by atoms with E-state index in [9.17, 15) is 9.59 Å². The lowest BCUT2D eigenvalue weighted by Gasteiger charge is -2.24. The fourth-order valence-electron chi connectivity index (χ4n) is 2.11. The number of methoxy groups -OCH3 is 1. The van der Waals surface area contributed by atoms with Gasteiger partial charge in [-0.2, -0.15) is 0 Å². The van der Waals surface area contributed by atoms with Gasteiger partial charge in [-0.3, -0.25) is 4.79 Å². The van der Waals surface area contributed by atoms with Crippen LogP contribution in [0, 0.1) is 5.92 Å². The van der Waals surface area contributed by atoms with E-state index in [1.165, 1.54) is 7.11 Å². The molecule has 0 saturated heterocycles. The summed E-state index contributed by atoms with van der Waals surface area (Å²) in [6.07, 6.45) is -0.442. The Morgan fingerprint density at radius 3 is 2.95 bits per heavy atom. The molecule has 1 aliphatic rings. The Morgan fingerprint density at radius 2 is 2.25 bits per heavy atom. The molecule has 108 valence electrons. The molecule has 0 spiro atoms. The molecule has 1 aromatic rings. The van der Waals surface area contributed by atoms with Crippen molar-refractivity contribution < 1.29 is 24.2 Å². The lowest BCUT2D eigenvalue weighted by molar-refractivity contribution is -0.148. The lowest BCUT2D eigenvalue weighted by atomic mass is 9.96. The smallest absolute Gasteiger partial charge is 0.334 e. The number of rotatable bonds is 5. The monoisotopic (exact) mass is 279 g/mol. The molecule has 1 aliphatic heterocycles. The topological polar surface area (TPSA) is 84.9 Å². The van der Waals surface area contributed by atoms with Crippen LogP contribution in [-0.4, -0.2) is 43.3 Å². The second-order valence-electron chi connectivity index (χ2n) is 4.63. The zero-order valence-corrected chi connectivity index (χ0v) is 11.2. The number of ether oxygens (including phenoxy) is 2. The van der Waals surface area contributed by atoms with Gasteiger partial charge in [0.15, 0.2) is 6.10 Å². The summed E-state index contributed by atoms with van der Waals surface area (Å²) in [6.45, 7) is 0.246. The third-order valence-electron chi connectivity index (χ3n) is 3.27. The second-order valence-corrected chi connectivity index (χ2v) is 4.63. The van der Waals surface area contributed by atoms with Crippen molar-refractivity contribution in [2.24, 2.45) is 5.92 Å². The van der Waals surface area contributed by atoms with Gasteiger partial charge in [-0.25, -0.2) is 4.79 Å². The molecular formula is C14H17NO5. The third-order valence-corrected chi connectivity index (χ3v) is 3.27. The van der Waals surface area contributed by atoms with E-state index in [0.717, 1.165) is 11.3 Å². The van der Waals surface area contributed by atoms with Gasteiger partial charge in [0.2, 0.25) is 5.91 Å². The molecule has 0 aliphatic carbocycles. The molecule has 0 bridgehead atoms. The van der Waals surface area contributed by atoms with Gasteiger partial charge in [0, 0.05) is 7.11 Å². The maximum Gasteiger partial charge on any atom is 0.334 e. The molecule has 0 fully saturated rings. The highest BCUT2D eigenvalue weighted by molar-refractivity contribution is 5.80. The number of carbonyl (C=O) groups is 2. The summed E-state index contributed by atoms with van der Waals surface area (Å²) in [5.41, 5.74) is 0.987. The van der Waals surface area contributed by atoms with E-state index in [2.05, 4.69) is 5.32 Å². The lowest BCUT2D eigenvalue weighted by Crippen LogP contribution is -2.43. The van der Waals surface area contributed by atoms with Gasteiger partial charge in [0.25, 0.3) is 0 Å². The fraction of sp³-hybridized carbons (Fsp3) is 0.429. The van der Waals surface area contributed by atoms with Gasteiger partial charge in [0.05, 0.1) is 12.5 Å². The van der Waals surface area contributed by atoms with Crippen LogP contribution >= 0.6 is 0 Å². The highest BCUT2D eigenvalue weighted by Gasteiger charge is 2.27. The second kappa shape index (κ2) is 6.38. The number of nitrogens with one attached hydrogen (secondary N) is 1. The Hall–Kier alpha value is -2.08. The average molecular weight is 279 g/mol. The van der Waals surface area contributed by atoms with Crippen molar-refractivity contribution >= 4 is 11.9 Å². The first-order valence-electron chi connectivity index (χ1n) is 6.36. The van der Waals surface area contributed by atoms with Crippen LogP contribution in [0.15, 0.2) is 24.3 Å². The quantitative estimate of drug-likeness (QED) is 0.817. The van der Waals surface area contributed by atoms with E-state index in [1.807, 2.05) is 24.3 Å². The zero-order chi connectivity index (χ0) is 14.5. The molecule has 2 unspecified atom stereocenters. The fourth-order valence-corrected chi connectivity index (χ4v) is 2.11. The van der Waals surface area contributed by atoms with E-state index >= 15 is 0 Å². The Labute approximate surface area is 116 Å². The Morgan fingerprint density at radius 1 is 1.50 bits per heavy atom. The number of hydrogen-bond donors (Lipinski definition) is 2. The van der Waals surface area contributed by atoms with Gasteiger partial charge in [-0.1, -0.05) is 18.2 Å². The van der Waals surface area contributed by atoms with Crippen LogP contribution in [-0.2, 0) is 20.7 Å². The number of aliphatic carboxylic acids is 1. The summed E-state index contributed by atoms with van der Waals surface area (Å²) in [5.74, 6) is -0.825. The van der Waals surface area contributed by atoms with Crippen molar-refractivity contribution in [3.05, 3.63) is 29.8 Å². The number of carboxylic acid groups (broad SMARTS) is 1. The van der Waals surface area contributed by atoms with Crippen molar-refractivity contribution in [1.82, 2.24) is 5.32 Å². The molecule has 0 radical (unpaired) electrons. The summed E-state index contributed by atoms with van der Waals surface area (Å²) in [6, 6.07) is 7.57. The molecule has 2 N–H and O–H groups in total. The van der Waals surface area contributed by atoms with Crippen LogP contribution < -0.4 is 10.1 Å². The summed E-state index contributed by atoms with van der Waals surface area (Å²) in [5, 5.41) is 11.4. The molecule has 20 heavy (non-hydrogen) atoms. The molecule has 1 aromatic carbocycles. The summed E-state index contributed by atoms with van der Waals surface area (Å²) < 4.78 is 10.3. The molecule has 2 rings (SSSR count). The number of fused-ring (bicyclic) bond motifs is 1. The Bertz CT molecular complexity index is 502. The van der Waals surface area contributed by atoms with E-state index in [0.29, 0.717) is 13.0 Å². The molecule has 6 heteroatoms. The molecule has 1 heterocycles. The minimum atomic E-state index is -1.10. The summed E-state index contributed by atoms with van der Waals surface area (Å²) in [7, 11) is 1.30. The van der Waals surface area contributed by atoms with Crippen molar-refractivity contribution in [3.8, 4) is 5.75 Å². The summed E-state index contributed by atoms with van der Waals surface area (Å²) >= 11 is 0. The Kier molecular flexibility index (Phi) is 4.57. The number of carboxylic acids is 1. The number of benzene rings is 1. The largest absolute Gasteiger partial charge is 0.492 e. The van der Waals surface area contributed by atoms with Crippen LogP contribution in [0.3, 0.4) is 0 Å². The Balaban J connectivity index is 1.90. The van der Waals surface area contributed by atoms with Gasteiger partial charge in [0.1, 0.15) is 12.4 Å². The SMILES string of the molecule is COC(CNC(=O)C1COc2ccccc2C1)C(=O)O. The summed E-state index contributed by atoms with van der Waals surface area (Å²) in [4.78, 5) is 22.8. The van der Waals surface area contributed by atoms with Crippen molar-refractivity contribution in [2.45, 2.75) is 12.5 Å². The highest BCUT2D eigenvalue weighted by Crippen LogP contribution is 2.26. The number of hydrogen-bond acceptors (Lipinski definition) is 4. The van der Waals surface area contributed by atoms with Gasteiger partial charge >= 0.3 is 5.97 Å². The van der Waals surface area contributed by atoms with Crippen LogP contribution in [0.5, 0.6) is 5.75 Å². The first-order valence-corrected chi connectivity index (χ1v) is 6.36. The normalized spacial score (nSPS) is 18.6. The van der Waals surface area contributed by atoms with Crippen molar-refractivity contribution in [3.63, 3.8) is 0 Å². The predicted octanol–water partition coefficient (Wildman–Crippen LogP) is 0.453. The zero-order valence-electron chi connectivity index (χ0n) is 11.2. The first-order chi connectivity index (χ1) is 9.61. The van der Waals surface area contributed by atoms with Gasteiger partial charge < -0.3 is 19.9 Å². The average Bonchev–Trinajstić information content (AvgIpc) is 2.46. The molecule has 0 aromatic heterocycles. The minimum Gasteiger partial charge on any atom is -0.492 e. The number of para-hydroxylation sites is 1. The molecule has 1 amide bonds. The van der Waals surface area contributed by atoms with Crippen molar-refractivity contribution in [1.29, 1.82) is 0 Å². The van der Waals surface area contributed by atoms with E-state index < -0.39 is 12.1 Å². The third kappa shape index (κ3) is 3.27. The highest BCUT2D eigenvalue weighted by atomic mass is 16.5. The maximum atomic E-state index is 12.0. The first kappa shape index (κ1) is 14.3. The standard InChI is InChI=1S/C14H17NO5/c1-19-12(14(17)18)7-15-13(16)10-6-9-4-2-3-5-11(9)20-8-10/h2-5,10,12H,6-8H2,1H3,(H,15,16)(H,17,18). The van der Waals surface area contributed by atoms with E-state index in [4.69, 9.17) is 14.6 Å².